The lowest BCUT2D eigenvalue weighted by molar-refractivity contribution is 0.141. The fourth-order valence-electron chi connectivity index (χ4n) is 2.46. The van der Waals surface area contributed by atoms with Gasteiger partial charge in [-0.25, -0.2) is 0 Å². The van der Waals surface area contributed by atoms with Crippen LogP contribution in [0.15, 0.2) is 24.3 Å². The standard InChI is InChI=1S/C14H19N3O.ClH/c15-11-12-1-3-13(4-2-12)14(5-10-18)17-8-6-16-7-9-17;/h1-4,14,16,18H,5-10H2;1H/t14-;/m0./s1. The molecule has 0 unspecified atom stereocenters. The first kappa shape index (κ1) is 15.9. The van der Waals surface area contributed by atoms with Gasteiger partial charge in [0.1, 0.15) is 0 Å². The molecule has 19 heavy (non-hydrogen) atoms. The molecule has 1 heterocycles. The summed E-state index contributed by atoms with van der Waals surface area (Å²) in [6.07, 6.45) is 0.742. The molecule has 0 aromatic heterocycles. The van der Waals surface area contributed by atoms with Gasteiger partial charge < -0.3 is 10.4 Å². The second kappa shape index (κ2) is 8.13. The summed E-state index contributed by atoms with van der Waals surface area (Å²) in [6, 6.07) is 10.1. The summed E-state index contributed by atoms with van der Waals surface area (Å²) < 4.78 is 0. The summed E-state index contributed by atoms with van der Waals surface area (Å²) in [5.74, 6) is 0. The van der Waals surface area contributed by atoms with Crippen molar-refractivity contribution in [1.29, 1.82) is 5.26 Å². The molecule has 5 heteroatoms. The van der Waals surface area contributed by atoms with Gasteiger partial charge in [0.15, 0.2) is 0 Å². The minimum Gasteiger partial charge on any atom is -0.396 e. The number of rotatable bonds is 4. The zero-order valence-corrected chi connectivity index (χ0v) is 11.7. The van der Waals surface area contributed by atoms with Crippen molar-refractivity contribution in [2.75, 3.05) is 32.8 Å². The van der Waals surface area contributed by atoms with Crippen LogP contribution in [-0.4, -0.2) is 42.8 Å². The highest BCUT2D eigenvalue weighted by Crippen LogP contribution is 2.24. The van der Waals surface area contributed by atoms with Crippen LogP contribution in [0.5, 0.6) is 0 Å². The quantitative estimate of drug-likeness (QED) is 0.874. The first-order valence-electron chi connectivity index (χ1n) is 6.41. The van der Waals surface area contributed by atoms with Crippen molar-refractivity contribution in [1.82, 2.24) is 10.2 Å². The Hall–Kier alpha value is -1.12. The van der Waals surface area contributed by atoms with Gasteiger partial charge in [0.05, 0.1) is 11.6 Å². The van der Waals surface area contributed by atoms with E-state index in [2.05, 4.69) is 16.3 Å². The molecule has 4 nitrogen and oxygen atoms in total. The van der Waals surface area contributed by atoms with Crippen molar-refractivity contribution in [2.24, 2.45) is 0 Å². The average Bonchev–Trinajstić information content (AvgIpc) is 2.46. The predicted octanol–water partition coefficient (Wildman–Crippen LogP) is 1.31. The minimum atomic E-state index is 0. The van der Waals surface area contributed by atoms with Gasteiger partial charge in [-0.05, 0) is 24.1 Å². The number of nitrogens with zero attached hydrogens (tertiary/aromatic N) is 2. The maximum Gasteiger partial charge on any atom is 0.0991 e. The van der Waals surface area contributed by atoms with E-state index in [4.69, 9.17) is 5.26 Å². The maximum absolute atomic E-state index is 9.23. The third-order valence-electron chi connectivity index (χ3n) is 3.42. The molecule has 1 saturated heterocycles. The second-order valence-electron chi connectivity index (χ2n) is 4.55. The highest BCUT2D eigenvalue weighted by molar-refractivity contribution is 5.85. The molecule has 0 aliphatic carbocycles. The zero-order chi connectivity index (χ0) is 12.8. The molecule has 1 fully saturated rings. The van der Waals surface area contributed by atoms with Crippen LogP contribution in [0.3, 0.4) is 0 Å². The number of aliphatic hydroxyl groups excluding tert-OH is 1. The van der Waals surface area contributed by atoms with E-state index in [1.807, 2.05) is 24.3 Å². The van der Waals surface area contributed by atoms with E-state index in [1.165, 1.54) is 5.56 Å². The van der Waals surface area contributed by atoms with Gasteiger partial charge in [-0.15, -0.1) is 12.4 Å². The summed E-state index contributed by atoms with van der Waals surface area (Å²) >= 11 is 0. The van der Waals surface area contributed by atoms with Gasteiger partial charge in [0, 0.05) is 38.8 Å². The molecule has 1 aliphatic rings. The number of nitriles is 1. The van der Waals surface area contributed by atoms with Crippen LogP contribution in [0, 0.1) is 11.3 Å². The van der Waals surface area contributed by atoms with E-state index < -0.39 is 0 Å². The van der Waals surface area contributed by atoms with Gasteiger partial charge in [-0.1, -0.05) is 12.1 Å². The molecule has 1 aromatic rings. The number of piperazine rings is 1. The Morgan fingerprint density at radius 3 is 2.42 bits per heavy atom. The van der Waals surface area contributed by atoms with Gasteiger partial charge in [-0.2, -0.15) is 5.26 Å². The molecular formula is C14H20ClN3O. The van der Waals surface area contributed by atoms with Crippen molar-refractivity contribution in [3.63, 3.8) is 0 Å². The first-order valence-corrected chi connectivity index (χ1v) is 6.41. The summed E-state index contributed by atoms with van der Waals surface area (Å²) in [6.45, 7) is 4.19. The van der Waals surface area contributed by atoms with Crippen molar-refractivity contribution in [3.05, 3.63) is 35.4 Å². The molecule has 0 saturated carbocycles. The van der Waals surface area contributed by atoms with Crippen molar-refractivity contribution in [3.8, 4) is 6.07 Å². The van der Waals surface area contributed by atoms with E-state index in [-0.39, 0.29) is 25.1 Å². The SMILES string of the molecule is Cl.N#Cc1ccc([C@H](CCO)N2CCNCC2)cc1. The largest absolute Gasteiger partial charge is 0.396 e. The molecule has 104 valence electrons. The topological polar surface area (TPSA) is 59.3 Å². The fraction of sp³-hybridized carbons (Fsp3) is 0.500. The van der Waals surface area contributed by atoms with Crippen molar-refractivity contribution < 1.29 is 5.11 Å². The Morgan fingerprint density at radius 1 is 1.26 bits per heavy atom. The fourth-order valence-corrected chi connectivity index (χ4v) is 2.46. The Kier molecular flexibility index (Phi) is 6.82. The lowest BCUT2D eigenvalue weighted by Crippen LogP contribution is -2.45. The number of benzene rings is 1. The summed E-state index contributed by atoms with van der Waals surface area (Å²) in [4.78, 5) is 2.40. The monoisotopic (exact) mass is 281 g/mol. The molecule has 0 radical (unpaired) electrons. The van der Waals surface area contributed by atoms with Crippen LogP contribution >= 0.6 is 12.4 Å². The van der Waals surface area contributed by atoms with E-state index in [0.717, 1.165) is 32.6 Å². The second-order valence-corrected chi connectivity index (χ2v) is 4.55. The van der Waals surface area contributed by atoms with E-state index >= 15 is 0 Å². The highest BCUT2D eigenvalue weighted by Gasteiger charge is 2.21. The van der Waals surface area contributed by atoms with Gasteiger partial charge >= 0.3 is 0 Å². The highest BCUT2D eigenvalue weighted by atomic mass is 35.5. The van der Waals surface area contributed by atoms with Gasteiger partial charge in [-0.3, -0.25) is 4.90 Å². The molecule has 0 amide bonds. The van der Waals surface area contributed by atoms with Crippen LogP contribution in [-0.2, 0) is 0 Å². The maximum atomic E-state index is 9.23. The summed E-state index contributed by atoms with van der Waals surface area (Å²) in [5.41, 5.74) is 1.87. The third-order valence-corrected chi connectivity index (χ3v) is 3.42. The molecular weight excluding hydrogens is 262 g/mol. The minimum absolute atomic E-state index is 0. The molecule has 2 rings (SSSR count). The summed E-state index contributed by atoms with van der Waals surface area (Å²) in [7, 11) is 0. The van der Waals surface area contributed by atoms with Crippen LogP contribution in [0.2, 0.25) is 0 Å². The van der Waals surface area contributed by atoms with E-state index in [9.17, 15) is 5.11 Å². The van der Waals surface area contributed by atoms with E-state index in [1.54, 1.807) is 0 Å². The van der Waals surface area contributed by atoms with Crippen LogP contribution in [0.1, 0.15) is 23.6 Å². The number of hydrogen-bond acceptors (Lipinski definition) is 4. The van der Waals surface area contributed by atoms with Crippen LogP contribution in [0.25, 0.3) is 0 Å². The van der Waals surface area contributed by atoms with Gasteiger partial charge in [0.2, 0.25) is 0 Å². The van der Waals surface area contributed by atoms with Crippen LogP contribution in [0.4, 0.5) is 0 Å². The van der Waals surface area contributed by atoms with Crippen molar-refractivity contribution in [2.45, 2.75) is 12.5 Å². The molecule has 2 N–H and O–H groups in total. The molecule has 1 aromatic carbocycles. The molecule has 0 bridgehead atoms. The summed E-state index contributed by atoms with van der Waals surface area (Å²) in [5, 5.41) is 21.4. The first-order chi connectivity index (χ1) is 8.85. The Labute approximate surface area is 120 Å². The normalized spacial score (nSPS) is 17.3. The zero-order valence-electron chi connectivity index (χ0n) is 10.9. The number of hydrogen-bond donors (Lipinski definition) is 2. The number of nitrogens with one attached hydrogen (secondary N) is 1. The van der Waals surface area contributed by atoms with Crippen LogP contribution < -0.4 is 5.32 Å². The lowest BCUT2D eigenvalue weighted by atomic mass is 10.0. The number of halogens is 1. The number of aliphatic hydroxyl groups is 1. The average molecular weight is 282 g/mol. The van der Waals surface area contributed by atoms with Gasteiger partial charge in [0.25, 0.3) is 0 Å². The lowest BCUT2D eigenvalue weighted by Gasteiger charge is -2.35. The third kappa shape index (κ3) is 4.19. The molecule has 1 atom stereocenters. The smallest absolute Gasteiger partial charge is 0.0991 e. The van der Waals surface area contributed by atoms with E-state index in [0.29, 0.717) is 5.56 Å². The Balaban J connectivity index is 0.00000180. The Morgan fingerprint density at radius 2 is 1.89 bits per heavy atom. The predicted molar refractivity (Wildman–Crippen MR) is 77.3 cm³/mol. The Bertz CT molecular complexity index is 410. The van der Waals surface area contributed by atoms with Crippen molar-refractivity contribution >= 4 is 12.4 Å². The molecule has 0 spiro atoms. The molecule has 1 aliphatic heterocycles.